The minimum absolute atomic E-state index is 0.241. The van der Waals surface area contributed by atoms with E-state index in [0.29, 0.717) is 17.2 Å². The van der Waals surface area contributed by atoms with Crippen LogP contribution in [0.4, 0.5) is 4.39 Å². The lowest BCUT2D eigenvalue weighted by Crippen LogP contribution is -2.01. The SMILES string of the molecule is Cc1cc(F)cc(-n2c(CCl)nc3cc(C)cnc32)c1. The summed E-state index contributed by atoms with van der Waals surface area (Å²) in [6, 6.07) is 6.79. The van der Waals surface area contributed by atoms with Gasteiger partial charge in [0.1, 0.15) is 17.2 Å². The fourth-order valence-corrected chi connectivity index (χ4v) is 2.50. The van der Waals surface area contributed by atoms with Gasteiger partial charge in [-0.25, -0.2) is 14.4 Å². The summed E-state index contributed by atoms with van der Waals surface area (Å²) in [5.74, 6) is 0.615. The van der Waals surface area contributed by atoms with Crippen molar-refractivity contribution in [1.29, 1.82) is 0 Å². The maximum Gasteiger partial charge on any atom is 0.164 e. The maximum absolute atomic E-state index is 13.6. The van der Waals surface area contributed by atoms with E-state index in [1.54, 1.807) is 10.8 Å². The summed E-state index contributed by atoms with van der Waals surface area (Å²) in [6.45, 7) is 3.81. The van der Waals surface area contributed by atoms with E-state index in [0.717, 1.165) is 16.6 Å². The first-order chi connectivity index (χ1) is 9.58. The molecule has 102 valence electrons. The van der Waals surface area contributed by atoms with Crippen molar-refractivity contribution in [3.05, 3.63) is 53.2 Å². The van der Waals surface area contributed by atoms with Crippen molar-refractivity contribution in [2.75, 3.05) is 0 Å². The molecule has 0 saturated heterocycles. The largest absolute Gasteiger partial charge is 0.280 e. The van der Waals surface area contributed by atoms with Crippen LogP contribution in [0.15, 0.2) is 30.5 Å². The molecule has 0 radical (unpaired) electrons. The molecule has 0 aliphatic rings. The van der Waals surface area contributed by atoms with Crippen molar-refractivity contribution in [2.45, 2.75) is 19.7 Å². The Balaban J connectivity index is 2.33. The fourth-order valence-electron chi connectivity index (χ4n) is 2.32. The zero-order valence-electron chi connectivity index (χ0n) is 11.2. The van der Waals surface area contributed by atoms with Crippen LogP contribution < -0.4 is 0 Å². The Labute approximate surface area is 121 Å². The highest BCUT2D eigenvalue weighted by Gasteiger charge is 2.14. The Morgan fingerprint density at radius 2 is 1.95 bits per heavy atom. The number of imidazole rings is 1. The molecule has 5 heteroatoms. The predicted octanol–water partition coefficient (Wildman–Crippen LogP) is 3.92. The van der Waals surface area contributed by atoms with Gasteiger partial charge < -0.3 is 0 Å². The molecular formula is C15H13ClFN3. The summed E-state index contributed by atoms with van der Waals surface area (Å²) in [7, 11) is 0. The Morgan fingerprint density at radius 1 is 1.15 bits per heavy atom. The summed E-state index contributed by atoms with van der Waals surface area (Å²) in [5, 5.41) is 0. The van der Waals surface area contributed by atoms with Crippen LogP contribution in [0, 0.1) is 19.7 Å². The molecular weight excluding hydrogens is 277 g/mol. The van der Waals surface area contributed by atoms with Crippen LogP contribution in [0.25, 0.3) is 16.9 Å². The van der Waals surface area contributed by atoms with E-state index < -0.39 is 0 Å². The van der Waals surface area contributed by atoms with Gasteiger partial charge in [0.15, 0.2) is 5.65 Å². The number of hydrogen-bond acceptors (Lipinski definition) is 2. The molecule has 3 rings (SSSR count). The second-order valence-corrected chi connectivity index (χ2v) is 5.11. The van der Waals surface area contributed by atoms with Gasteiger partial charge in [-0.1, -0.05) is 0 Å². The average Bonchev–Trinajstić information content (AvgIpc) is 2.74. The zero-order chi connectivity index (χ0) is 14.3. The highest BCUT2D eigenvalue weighted by molar-refractivity contribution is 6.16. The summed E-state index contributed by atoms with van der Waals surface area (Å²) in [5.41, 5.74) is 4.02. The van der Waals surface area contributed by atoms with Crippen LogP contribution in [0.3, 0.4) is 0 Å². The molecule has 0 aliphatic heterocycles. The molecule has 3 aromatic rings. The maximum atomic E-state index is 13.6. The standard InChI is InChI=1S/C15H13ClFN3/c1-9-3-11(17)6-12(4-9)20-14(7-16)19-13-5-10(2)8-18-15(13)20/h3-6,8H,7H2,1-2H3. The molecule has 2 heterocycles. The third-order valence-electron chi connectivity index (χ3n) is 3.11. The summed E-state index contributed by atoms with van der Waals surface area (Å²) in [6.07, 6.45) is 1.77. The number of aromatic nitrogens is 3. The first kappa shape index (κ1) is 13.1. The van der Waals surface area contributed by atoms with Crippen molar-refractivity contribution >= 4 is 22.8 Å². The molecule has 0 bridgehead atoms. The van der Waals surface area contributed by atoms with E-state index in [-0.39, 0.29) is 11.7 Å². The van der Waals surface area contributed by atoms with Gasteiger partial charge in [0.05, 0.1) is 11.6 Å². The van der Waals surface area contributed by atoms with Crippen molar-refractivity contribution in [2.24, 2.45) is 0 Å². The summed E-state index contributed by atoms with van der Waals surface area (Å²) < 4.78 is 15.4. The monoisotopic (exact) mass is 289 g/mol. The van der Waals surface area contributed by atoms with Crippen LogP contribution in [0.1, 0.15) is 17.0 Å². The van der Waals surface area contributed by atoms with Crippen molar-refractivity contribution in [1.82, 2.24) is 14.5 Å². The fraction of sp³-hybridized carbons (Fsp3) is 0.200. The average molecular weight is 290 g/mol. The van der Waals surface area contributed by atoms with E-state index in [4.69, 9.17) is 11.6 Å². The minimum Gasteiger partial charge on any atom is -0.280 e. The lowest BCUT2D eigenvalue weighted by atomic mass is 10.2. The summed E-state index contributed by atoms with van der Waals surface area (Å²) >= 11 is 5.97. The van der Waals surface area contributed by atoms with Crippen molar-refractivity contribution < 1.29 is 4.39 Å². The van der Waals surface area contributed by atoms with E-state index >= 15 is 0 Å². The minimum atomic E-state index is -0.283. The molecule has 0 aliphatic carbocycles. The van der Waals surface area contributed by atoms with Gasteiger partial charge in [-0.2, -0.15) is 0 Å². The number of aryl methyl sites for hydroxylation is 2. The molecule has 0 atom stereocenters. The molecule has 0 saturated carbocycles. The lowest BCUT2D eigenvalue weighted by Gasteiger charge is -2.08. The Morgan fingerprint density at radius 3 is 2.65 bits per heavy atom. The number of benzene rings is 1. The van der Waals surface area contributed by atoms with Crippen molar-refractivity contribution in [3.8, 4) is 5.69 Å². The molecule has 1 aromatic carbocycles. The van der Waals surface area contributed by atoms with Crippen LogP contribution in [-0.4, -0.2) is 14.5 Å². The predicted molar refractivity (Wildman–Crippen MR) is 77.9 cm³/mol. The second-order valence-electron chi connectivity index (χ2n) is 4.84. The van der Waals surface area contributed by atoms with Crippen LogP contribution in [0.2, 0.25) is 0 Å². The zero-order valence-corrected chi connectivity index (χ0v) is 11.9. The molecule has 3 nitrogen and oxygen atoms in total. The number of hydrogen-bond donors (Lipinski definition) is 0. The Bertz CT molecular complexity index is 775. The number of alkyl halides is 1. The number of halogens is 2. The van der Waals surface area contributed by atoms with E-state index in [2.05, 4.69) is 9.97 Å². The number of pyridine rings is 1. The highest BCUT2D eigenvalue weighted by Crippen LogP contribution is 2.23. The molecule has 0 amide bonds. The van der Waals surface area contributed by atoms with Crippen LogP contribution in [0.5, 0.6) is 0 Å². The molecule has 0 unspecified atom stereocenters. The van der Waals surface area contributed by atoms with E-state index in [1.807, 2.05) is 26.0 Å². The van der Waals surface area contributed by atoms with Gasteiger partial charge in [-0.15, -0.1) is 11.6 Å². The van der Waals surface area contributed by atoms with Crippen LogP contribution >= 0.6 is 11.6 Å². The smallest absolute Gasteiger partial charge is 0.164 e. The second kappa shape index (κ2) is 4.87. The van der Waals surface area contributed by atoms with Gasteiger partial charge in [0.25, 0.3) is 0 Å². The third-order valence-corrected chi connectivity index (χ3v) is 3.35. The third kappa shape index (κ3) is 2.16. The molecule has 20 heavy (non-hydrogen) atoms. The highest BCUT2D eigenvalue weighted by atomic mass is 35.5. The lowest BCUT2D eigenvalue weighted by molar-refractivity contribution is 0.625. The molecule has 0 fully saturated rings. The van der Waals surface area contributed by atoms with Gasteiger partial charge in [-0.05, 0) is 49.2 Å². The molecule has 0 N–H and O–H groups in total. The number of rotatable bonds is 2. The first-order valence-corrected chi connectivity index (χ1v) is 6.79. The van der Waals surface area contributed by atoms with Crippen molar-refractivity contribution in [3.63, 3.8) is 0 Å². The number of fused-ring (bicyclic) bond motifs is 1. The van der Waals surface area contributed by atoms with E-state index in [1.165, 1.54) is 12.1 Å². The van der Waals surface area contributed by atoms with Gasteiger partial charge >= 0.3 is 0 Å². The molecule has 0 spiro atoms. The number of nitrogens with zero attached hydrogens (tertiary/aromatic N) is 3. The Hall–Kier alpha value is -1.94. The van der Waals surface area contributed by atoms with E-state index in [9.17, 15) is 4.39 Å². The first-order valence-electron chi connectivity index (χ1n) is 6.26. The normalized spacial score (nSPS) is 11.2. The van der Waals surface area contributed by atoms with Gasteiger partial charge in [-0.3, -0.25) is 4.57 Å². The molecule has 2 aromatic heterocycles. The quantitative estimate of drug-likeness (QED) is 0.670. The van der Waals surface area contributed by atoms with Crippen LogP contribution in [-0.2, 0) is 5.88 Å². The van der Waals surface area contributed by atoms with Gasteiger partial charge in [0, 0.05) is 6.20 Å². The topological polar surface area (TPSA) is 30.7 Å². The van der Waals surface area contributed by atoms with Gasteiger partial charge in [0.2, 0.25) is 0 Å². The Kier molecular flexibility index (Phi) is 3.18. The summed E-state index contributed by atoms with van der Waals surface area (Å²) in [4.78, 5) is 8.88.